The zero-order valence-electron chi connectivity index (χ0n) is 10.5. The Morgan fingerprint density at radius 3 is 3.00 bits per heavy atom. The Bertz CT molecular complexity index is 779. The van der Waals surface area contributed by atoms with Crippen LogP contribution in [0.1, 0.15) is 21.1 Å². The zero-order chi connectivity index (χ0) is 14.1. The maximum atomic E-state index is 10.6. The van der Waals surface area contributed by atoms with E-state index in [-0.39, 0.29) is 5.69 Å². The fraction of sp³-hybridized carbons (Fsp3) is 0.154. The van der Waals surface area contributed by atoms with Gasteiger partial charge in [0.15, 0.2) is 5.58 Å². The molecule has 102 valence electrons. The molecule has 0 aliphatic heterocycles. The third-order valence-corrected chi connectivity index (χ3v) is 4.55. The van der Waals surface area contributed by atoms with Crippen molar-refractivity contribution >= 4 is 40.2 Å². The van der Waals surface area contributed by atoms with E-state index in [2.05, 4.69) is 9.97 Å². The van der Waals surface area contributed by atoms with E-state index >= 15 is 0 Å². The first kappa shape index (κ1) is 13.1. The van der Waals surface area contributed by atoms with Crippen molar-refractivity contribution in [1.82, 2.24) is 9.97 Å². The molecule has 0 amide bonds. The first-order valence-electron chi connectivity index (χ1n) is 5.78. The fourth-order valence-corrected chi connectivity index (χ4v) is 3.33. The van der Waals surface area contributed by atoms with Gasteiger partial charge in [-0.3, -0.25) is 0 Å². The Balaban J connectivity index is 1.76. The number of carboxylic acid groups (broad SMARTS) is 1. The SMILES string of the molecule is Cc1cccc2oc(SCc3nc(C(=O)[O-])cs3)nc12. The minimum absolute atomic E-state index is 0.0287. The number of thiazole rings is 1. The molecule has 20 heavy (non-hydrogen) atoms. The Labute approximate surface area is 122 Å². The number of carbonyl (C=O) groups is 1. The van der Waals surface area contributed by atoms with Gasteiger partial charge in [0, 0.05) is 5.38 Å². The number of nitrogens with zero attached hydrogens (tertiary/aromatic N) is 2. The van der Waals surface area contributed by atoms with Crippen molar-refractivity contribution < 1.29 is 14.3 Å². The number of fused-ring (bicyclic) bond motifs is 1. The summed E-state index contributed by atoms with van der Waals surface area (Å²) in [5.74, 6) is -0.737. The summed E-state index contributed by atoms with van der Waals surface area (Å²) in [6.45, 7) is 1.98. The Morgan fingerprint density at radius 2 is 2.30 bits per heavy atom. The van der Waals surface area contributed by atoms with Gasteiger partial charge in [-0.15, -0.1) is 11.3 Å². The van der Waals surface area contributed by atoms with Crippen LogP contribution in [0.25, 0.3) is 11.1 Å². The minimum Gasteiger partial charge on any atom is -0.543 e. The lowest BCUT2D eigenvalue weighted by molar-refractivity contribution is -0.255. The molecule has 1 aromatic carbocycles. The molecule has 0 aliphatic carbocycles. The van der Waals surface area contributed by atoms with E-state index in [0.29, 0.717) is 16.0 Å². The van der Waals surface area contributed by atoms with Crippen LogP contribution in [0.5, 0.6) is 0 Å². The number of thioether (sulfide) groups is 1. The van der Waals surface area contributed by atoms with E-state index in [1.165, 1.54) is 28.5 Å². The quantitative estimate of drug-likeness (QED) is 0.688. The number of carboxylic acids is 1. The molecule has 2 aromatic heterocycles. The van der Waals surface area contributed by atoms with E-state index in [0.717, 1.165) is 16.7 Å². The van der Waals surface area contributed by atoms with Gasteiger partial charge in [0.05, 0.1) is 17.4 Å². The lowest BCUT2D eigenvalue weighted by Gasteiger charge is -1.94. The van der Waals surface area contributed by atoms with Crippen LogP contribution < -0.4 is 5.11 Å². The first-order chi connectivity index (χ1) is 9.63. The smallest absolute Gasteiger partial charge is 0.257 e. The van der Waals surface area contributed by atoms with Crippen molar-refractivity contribution in [2.24, 2.45) is 0 Å². The number of para-hydroxylation sites is 1. The monoisotopic (exact) mass is 305 g/mol. The Hall–Kier alpha value is -1.86. The van der Waals surface area contributed by atoms with Gasteiger partial charge < -0.3 is 14.3 Å². The molecule has 0 saturated heterocycles. The van der Waals surface area contributed by atoms with Gasteiger partial charge in [0.1, 0.15) is 10.5 Å². The van der Waals surface area contributed by atoms with Gasteiger partial charge in [-0.25, -0.2) is 9.97 Å². The summed E-state index contributed by atoms with van der Waals surface area (Å²) in [4.78, 5) is 19.0. The molecule has 0 bridgehead atoms. The average Bonchev–Trinajstić information content (AvgIpc) is 3.03. The number of hydrogen-bond acceptors (Lipinski definition) is 7. The van der Waals surface area contributed by atoms with Crippen molar-refractivity contribution in [3.63, 3.8) is 0 Å². The molecule has 0 N–H and O–H groups in total. The number of carbonyl (C=O) groups excluding carboxylic acids is 1. The molecule has 3 aromatic rings. The van der Waals surface area contributed by atoms with Crippen LogP contribution in [-0.4, -0.2) is 15.9 Å². The van der Waals surface area contributed by atoms with Gasteiger partial charge in [0.2, 0.25) is 0 Å². The molecule has 3 rings (SSSR count). The lowest BCUT2D eigenvalue weighted by atomic mass is 10.2. The van der Waals surface area contributed by atoms with Crippen LogP contribution in [0.4, 0.5) is 0 Å². The lowest BCUT2D eigenvalue weighted by Crippen LogP contribution is -2.22. The highest BCUT2D eigenvalue weighted by molar-refractivity contribution is 7.98. The summed E-state index contributed by atoms with van der Waals surface area (Å²) >= 11 is 2.67. The topological polar surface area (TPSA) is 79.0 Å². The van der Waals surface area contributed by atoms with Crippen LogP contribution in [0.15, 0.2) is 33.2 Å². The molecule has 0 aliphatic rings. The van der Waals surface area contributed by atoms with Crippen LogP contribution in [-0.2, 0) is 5.75 Å². The van der Waals surface area contributed by atoms with Gasteiger partial charge >= 0.3 is 0 Å². The Morgan fingerprint density at radius 1 is 1.45 bits per heavy atom. The number of aromatic nitrogens is 2. The van der Waals surface area contributed by atoms with Crippen molar-refractivity contribution in [2.75, 3.05) is 0 Å². The number of aryl methyl sites for hydroxylation is 1. The van der Waals surface area contributed by atoms with Crippen molar-refractivity contribution in [3.8, 4) is 0 Å². The molecular weight excluding hydrogens is 296 g/mol. The van der Waals surface area contributed by atoms with Gasteiger partial charge in [-0.2, -0.15) is 0 Å². The summed E-state index contributed by atoms with van der Waals surface area (Å²) in [5, 5.41) is 13.4. The molecule has 0 radical (unpaired) electrons. The highest BCUT2D eigenvalue weighted by Gasteiger charge is 2.10. The molecule has 0 saturated carbocycles. The summed E-state index contributed by atoms with van der Waals surface area (Å²) < 4.78 is 5.62. The second kappa shape index (κ2) is 5.26. The van der Waals surface area contributed by atoms with Crippen molar-refractivity contribution in [2.45, 2.75) is 17.9 Å². The van der Waals surface area contributed by atoms with Gasteiger partial charge in [-0.1, -0.05) is 23.9 Å². The molecule has 7 heteroatoms. The molecule has 0 fully saturated rings. The summed E-state index contributed by atoms with van der Waals surface area (Å²) in [5.41, 5.74) is 2.64. The van der Waals surface area contributed by atoms with Crippen molar-refractivity contribution in [3.05, 3.63) is 39.8 Å². The molecule has 0 atom stereocenters. The predicted molar refractivity (Wildman–Crippen MR) is 74.8 cm³/mol. The zero-order valence-corrected chi connectivity index (χ0v) is 12.1. The molecule has 2 heterocycles. The standard InChI is InChI=1S/C13H10N2O3S2/c1-7-3-2-4-9-11(7)15-13(18-9)20-6-10-14-8(5-19-10)12(16)17/h2-5H,6H2,1H3,(H,16,17)/p-1. The van der Waals surface area contributed by atoms with Gasteiger partial charge in [0.25, 0.3) is 5.22 Å². The van der Waals surface area contributed by atoms with Crippen LogP contribution >= 0.6 is 23.1 Å². The predicted octanol–water partition coefficient (Wildman–Crippen LogP) is 2.25. The molecule has 5 nitrogen and oxygen atoms in total. The third kappa shape index (κ3) is 2.54. The molecular formula is C13H9N2O3S2-. The second-order valence-corrected chi connectivity index (χ2v) is 5.97. The first-order valence-corrected chi connectivity index (χ1v) is 7.65. The number of rotatable bonds is 4. The van der Waals surface area contributed by atoms with E-state index in [9.17, 15) is 9.90 Å². The summed E-state index contributed by atoms with van der Waals surface area (Å²) in [6, 6.07) is 5.77. The minimum atomic E-state index is -1.25. The largest absolute Gasteiger partial charge is 0.543 e. The maximum Gasteiger partial charge on any atom is 0.257 e. The van der Waals surface area contributed by atoms with Gasteiger partial charge in [-0.05, 0) is 18.6 Å². The highest BCUT2D eigenvalue weighted by atomic mass is 32.2. The van der Waals surface area contributed by atoms with E-state index in [4.69, 9.17) is 4.42 Å². The van der Waals surface area contributed by atoms with E-state index in [1.807, 2.05) is 25.1 Å². The van der Waals surface area contributed by atoms with Crippen LogP contribution in [0.2, 0.25) is 0 Å². The van der Waals surface area contributed by atoms with E-state index in [1.54, 1.807) is 0 Å². The maximum absolute atomic E-state index is 10.6. The van der Waals surface area contributed by atoms with Crippen LogP contribution in [0, 0.1) is 6.92 Å². The highest BCUT2D eigenvalue weighted by Crippen LogP contribution is 2.28. The molecule has 0 unspecified atom stereocenters. The average molecular weight is 305 g/mol. The number of benzene rings is 1. The Kier molecular flexibility index (Phi) is 3.45. The van der Waals surface area contributed by atoms with E-state index < -0.39 is 5.97 Å². The molecule has 0 spiro atoms. The van der Waals surface area contributed by atoms with Crippen LogP contribution in [0.3, 0.4) is 0 Å². The normalized spacial score (nSPS) is 11.1. The fourth-order valence-electron chi connectivity index (χ4n) is 1.72. The number of hydrogen-bond donors (Lipinski definition) is 0. The van der Waals surface area contributed by atoms with Crippen molar-refractivity contribution in [1.29, 1.82) is 0 Å². The number of aromatic carboxylic acids is 1. The summed E-state index contributed by atoms with van der Waals surface area (Å²) in [7, 11) is 0. The number of oxazole rings is 1. The third-order valence-electron chi connectivity index (χ3n) is 2.68. The second-order valence-electron chi connectivity index (χ2n) is 4.10. The summed E-state index contributed by atoms with van der Waals surface area (Å²) in [6.07, 6.45) is 0.